The number of nitrogens with one attached hydrogen (secondary N) is 1. The molecule has 0 saturated heterocycles. The number of imidazole rings is 1. The average molecular weight is 255 g/mol. The van der Waals surface area contributed by atoms with Crippen molar-refractivity contribution in [3.8, 4) is 6.07 Å². The summed E-state index contributed by atoms with van der Waals surface area (Å²) in [5.41, 5.74) is 2.24. The van der Waals surface area contributed by atoms with Gasteiger partial charge in [0.1, 0.15) is 12.4 Å². The van der Waals surface area contributed by atoms with E-state index >= 15 is 0 Å². The summed E-state index contributed by atoms with van der Waals surface area (Å²) in [6.45, 7) is 1.46. The third-order valence-corrected chi connectivity index (χ3v) is 2.65. The molecule has 0 amide bonds. The summed E-state index contributed by atoms with van der Waals surface area (Å²) in [7, 11) is 0. The molecule has 0 aliphatic rings. The van der Waals surface area contributed by atoms with Gasteiger partial charge >= 0.3 is 5.97 Å². The monoisotopic (exact) mass is 255 g/mol. The number of hydrogen-bond donors (Lipinski definition) is 1. The second-order valence-corrected chi connectivity index (χ2v) is 4.10. The highest BCUT2D eigenvalue weighted by Crippen LogP contribution is 2.15. The van der Waals surface area contributed by atoms with Crippen molar-refractivity contribution < 1.29 is 9.53 Å². The van der Waals surface area contributed by atoms with Crippen LogP contribution >= 0.6 is 0 Å². The molecule has 2 rings (SSSR count). The smallest absolute Gasteiger partial charge is 0.302 e. The van der Waals surface area contributed by atoms with Crippen molar-refractivity contribution in [1.82, 2.24) is 9.97 Å². The van der Waals surface area contributed by atoms with Gasteiger partial charge in [0, 0.05) is 31.3 Å². The van der Waals surface area contributed by atoms with Crippen LogP contribution in [0.1, 0.15) is 29.4 Å². The van der Waals surface area contributed by atoms with Gasteiger partial charge in [-0.3, -0.25) is 4.79 Å². The molecule has 0 saturated carbocycles. The van der Waals surface area contributed by atoms with Gasteiger partial charge in [-0.05, 0) is 11.6 Å². The van der Waals surface area contributed by atoms with Gasteiger partial charge in [-0.2, -0.15) is 5.26 Å². The molecule has 0 bridgehead atoms. The Morgan fingerprint density at radius 3 is 3.00 bits per heavy atom. The zero-order chi connectivity index (χ0) is 13.7. The van der Waals surface area contributed by atoms with Crippen LogP contribution in [0.25, 0.3) is 0 Å². The number of rotatable bonds is 4. The Labute approximate surface area is 110 Å². The predicted octanol–water partition coefficient (Wildman–Crippen LogP) is 1.94. The number of H-pyrrole nitrogens is 1. The zero-order valence-electron chi connectivity index (χ0n) is 10.5. The second-order valence-electron chi connectivity index (χ2n) is 4.10. The SMILES string of the molecule is CC(=O)OCc1cc(Cc2ncc[nH]2)ccc1C#N. The quantitative estimate of drug-likeness (QED) is 0.847. The van der Waals surface area contributed by atoms with Crippen molar-refractivity contribution in [3.05, 3.63) is 53.1 Å². The Balaban J connectivity index is 2.20. The Hall–Kier alpha value is -2.61. The number of carbonyl (C=O) groups is 1. The van der Waals surface area contributed by atoms with Gasteiger partial charge in [0.2, 0.25) is 0 Å². The summed E-state index contributed by atoms with van der Waals surface area (Å²) < 4.78 is 4.95. The van der Waals surface area contributed by atoms with Crippen LogP contribution in [0.15, 0.2) is 30.6 Å². The van der Waals surface area contributed by atoms with Crippen molar-refractivity contribution in [2.24, 2.45) is 0 Å². The molecule has 5 nitrogen and oxygen atoms in total. The minimum atomic E-state index is -0.361. The third kappa shape index (κ3) is 3.42. The number of esters is 1. The highest BCUT2D eigenvalue weighted by Gasteiger charge is 2.07. The summed E-state index contributed by atoms with van der Waals surface area (Å²) >= 11 is 0. The maximum Gasteiger partial charge on any atom is 0.302 e. The van der Waals surface area contributed by atoms with E-state index in [-0.39, 0.29) is 12.6 Å². The summed E-state index contributed by atoms with van der Waals surface area (Å²) in [6, 6.07) is 7.56. The lowest BCUT2D eigenvalue weighted by molar-refractivity contribution is -0.142. The molecule has 1 heterocycles. The van der Waals surface area contributed by atoms with Crippen molar-refractivity contribution in [2.75, 3.05) is 0 Å². The van der Waals surface area contributed by atoms with E-state index in [1.54, 1.807) is 18.5 Å². The van der Waals surface area contributed by atoms with Crippen molar-refractivity contribution >= 4 is 5.97 Å². The molecule has 19 heavy (non-hydrogen) atoms. The van der Waals surface area contributed by atoms with Crippen LogP contribution in [-0.2, 0) is 22.6 Å². The van der Waals surface area contributed by atoms with Crippen LogP contribution in [0.3, 0.4) is 0 Å². The van der Waals surface area contributed by atoms with Gasteiger partial charge in [-0.1, -0.05) is 12.1 Å². The molecule has 1 aromatic carbocycles. The number of ether oxygens (including phenoxy) is 1. The molecule has 0 atom stereocenters. The second kappa shape index (κ2) is 5.83. The highest BCUT2D eigenvalue weighted by atomic mass is 16.5. The molecule has 2 aromatic rings. The Kier molecular flexibility index (Phi) is 3.94. The zero-order valence-corrected chi connectivity index (χ0v) is 10.5. The highest BCUT2D eigenvalue weighted by molar-refractivity contribution is 5.66. The van der Waals surface area contributed by atoms with Crippen molar-refractivity contribution in [2.45, 2.75) is 20.0 Å². The van der Waals surface area contributed by atoms with Crippen LogP contribution in [-0.4, -0.2) is 15.9 Å². The van der Waals surface area contributed by atoms with Gasteiger partial charge in [-0.15, -0.1) is 0 Å². The van der Waals surface area contributed by atoms with E-state index in [1.807, 2.05) is 12.1 Å². The van der Waals surface area contributed by atoms with Crippen molar-refractivity contribution in [1.29, 1.82) is 5.26 Å². The summed E-state index contributed by atoms with van der Waals surface area (Å²) in [4.78, 5) is 18.0. The first kappa shape index (κ1) is 12.8. The van der Waals surface area contributed by atoms with E-state index in [9.17, 15) is 4.79 Å². The number of hydrogen-bond acceptors (Lipinski definition) is 4. The number of benzene rings is 1. The molecule has 5 heteroatoms. The molecule has 0 radical (unpaired) electrons. The van der Waals surface area contributed by atoms with E-state index in [1.165, 1.54) is 6.92 Å². The van der Waals surface area contributed by atoms with Crippen LogP contribution in [0, 0.1) is 11.3 Å². The first-order valence-corrected chi connectivity index (χ1v) is 5.82. The lowest BCUT2D eigenvalue weighted by atomic mass is 10.0. The molecule has 0 aliphatic carbocycles. The minimum absolute atomic E-state index is 0.115. The van der Waals surface area contributed by atoms with E-state index in [4.69, 9.17) is 10.00 Å². The molecule has 0 spiro atoms. The third-order valence-electron chi connectivity index (χ3n) is 2.65. The lowest BCUT2D eigenvalue weighted by Gasteiger charge is -2.07. The molecule has 1 aromatic heterocycles. The molecule has 0 fully saturated rings. The van der Waals surface area contributed by atoms with Crippen LogP contribution in [0.4, 0.5) is 0 Å². The Morgan fingerprint density at radius 1 is 1.53 bits per heavy atom. The standard InChI is InChI=1S/C14H13N3O2/c1-10(18)19-9-13-6-11(2-3-12(13)8-15)7-14-16-4-5-17-14/h2-6H,7,9H2,1H3,(H,16,17). The molecule has 0 aliphatic heterocycles. The van der Waals surface area contributed by atoms with Crippen LogP contribution in [0.2, 0.25) is 0 Å². The fourth-order valence-corrected chi connectivity index (χ4v) is 1.75. The van der Waals surface area contributed by atoms with Gasteiger partial charge in [0.15, 0.2) is 0 Å². The first-order valence-electron chi connectivity index (χ1n) is 5.82. The largest absolute Gasteiger partial charge is 0.461 e. The number of aromatic amines is 1. The number of nitriles is 1. The van der Waals surface area contributed by atoms with E-state index in [2.05, 4.69) is 16.0 Å². The Bertz CT molecular complexity index is 612. The maximum absolute atomic E-state index is 10.8. The predicted molar refractivity (Wildman–Crippen MR) is 68.0 cm³/mol. The van der Waals surface area contributed by atoms with Crippen molar-refractivity contribution in [3.63, 3.8) is 0 Å². The fourth-order valence-electron chi connectivity index (χ4n) is 1.75. The van der Waals surface area contributed by atoms with Gasteiger partial charge in [0.05, 0.1) is 11.6 Å². The van der Waals surface area contributed by atoms with Gasteiger partial charge in [0.25, 0.3) is 0 Å². The number of carbonyl (C=O) groups excluding carboxylic acids is 1. The normalized spacial score (nSPS) is 9.89. The van der Waals surface area contributed by atoms with E-state index in [0.717, 1.165) is 11.4 Å². The fraction of sp³-hybridized carbons (Fsp3) is 0.214. The van der Waals surface area contributed by atoms with Crippen LogP contribution in [0.5, 0.6) is 0 Å². The first-order chi connectivity index (χ1) is 9.19. The minimum Gasteiger partial charge on any atom is -0.461 e. The number of nitrogens with zero attached hydrogens (tertiary/aromatic N) is 2. The topological polar surface area (TPSA) is 78.8 Å². The lowest BCUT2D eigenvalue weighted by Crippen LogP contribution is -2.02. The Morgan fingerprint density at radius 2 is 2.37 bits per heavy atom. The van der Waals surface area contributed by atoms with Gasteiger partial charge in [-0.25, -0.2) is 4.98 Å². The molecule has 1 N–H and O–H groups in total. The van der Waals surface area contributed by atoms with E-state index in [0.29, 0.717) is 17.5 Å². The maximum atomic E-state index is 10.8. The summed E-state index contributed by atoms with van der Waals surface area (Å²) in [5.74, 6) is 0.489. The molecule has 0 unspecified atom stereocenters. The molecule has 96 valence electrons. The van der Waals surface area contributed by atoms with Gasteiger partial charge < -0.3 is 9.72 Å². The summed E-state index contributed by atoms with van der Waals surface area (Å²) in [6.07, 6.45) is 4.10. The molecular weight excluding hydrogens is 242 g/mol. The molecular formula is C14H13N3O2. The summed E-state index contributed by atoms with van der Waals surface area (Å²) in [5, 5.41) is 9.02. The number of aromatic nitrogens is 2. The van der Waals surface area contributed by atoms with E-state index < -0.39 is 0 Å². The van der Waals surface area contributed by atoms with Crippen LogP contribution < -0.4 is 0 Å². The average Bonchev–Trinajstić information content (AvgIpc) is 2.89.